The quantitative estimate of drug-likeness (QED) is 0.649. The van der Waals surface area contributed by atoms with Crippen LogP contribution in [0.25, 0.3) is 0 Å². The van der Waals surface area contributed by atoms with Crippen LogP contribution in [-0.2, 0) is 0 Å². The van der Waals surface area contributed by atoms with Crippen LogP contribution in [0, 0.1) is 5.92 Å². The largest absolute Gasteiger partial charge is 0.355 e. The molecule has 0 aliphatic carbocycles. The van der Waals surface area contributed by atoms with Crippen molar-refractivity contribution in [2.45, 2.75) is 32.7 Å². The maximum atomic E-state index is 4.32. The normalized spacial score (nSPS) is 19.0. The first-order valence-corrected chi connectivity index (χ1v) is 8.43. The Morgan fingerprint density at radius 2 is 1.95 bits per heavy atom. The molecule has 1 unspecified atom stereocenters. The lowest BCUT2D eigenvalue weighted by molar-refractivity contribution is 0.195. The Bertz CT molecular complexity index is 449. The summed E-state index contributed by atoms with van der Waals surface area (Å²) in [5, 5.41) is 6.87. The highest BCUT2D eigenvalue weighted by Crippen LogP contribution is 2.15. The van der Waals surface area contributed by atoms with E-state index in [-0.39, 0.29) is 6.04 Å². The van der Waals surface area contributed by atoms with E-state index in [4.69, 9.17) is 0 Å². The van der Waals surface area contributed by atoms with Crippen molar-refractivity contribution >= 4 is 5.96 Å². The fourth-order valence-electron chi connectivity index (χ4n) is 2.84. The van der Waals surface area contributed by atoms with Gasteiger partial charge < -0.3 is 15.5 Å². The minimum Gasteiger partial charge on any atom is -0.355 e. The third kappa shape index (κ3) is 5.34. The molecular formula is C18H30N4. The zero-order valence-electron chi connectivity index (χ0n) is 14.2. The van der Waals surface area contributed by atoms with Gasteiger partial charge in [-0.1, -0.05) is 37.3 Å². The molecule has 0 saturated carbocycles. The molecule has 1 aliphatic heterocycles. The van der Waals surface area contributed by atoms with E-state index in [2.05, 4.69) is 58.6 Å². The summed E-state index contributed by atoms with van der Waals surface area (Å²) < 4.78 is 0. The number of hydrogen-bond donors (Lipinski definition) is 2. The molecule has 0 bridgehead atoms. The molecule has 1 aromatic rings. The number of aliphatic imine (C=N–C) groups is 1. The van der Waals surface area contributed by atoms with Crippen LogP contribution in [0.2, 0.25) is 0 Å². The van der Waals surface area contributed by atoms with Crippen LogP contribution in [0.5, 0.6) is 0 Å². The number of nitrogens with zero attached hydrogens (tertiary/aromatic N) is 2. The maximum Gasteiger partial charge on any atom is 0.191 e. The molecule has 1 aromatic carbocycles. The number of likely N-dealkylation sites (tertiary alicyclic amines) is 1. The van der Waals surface area contributed by atoms with Gasteiger partial charge in [0.05, 0.1) is 6.04 Å². The molecule has 0 amide bonds. The molecule has 122 valence electrons. The van der Waals surface area contributed by atoms with E-state index >= 15 is 0 Å². The summed E-state index contributed by atoms with van der Waals surface area (Å²) in [6.45, 7) is 9.01. The van der Waals surface area contributed by atoms with Crippen molar-refractivity contribution in [2.75, 3.05) is 33.2 Å². The molecule has 1 aliphatic rings. The van der Waals surface area contributed by atoms with Crippen molar-refractivity contribution in [3.8, 4) is 0 Å². The zero-order chi connectivity index (χ0) is 15.8. The minimum atomic E-state index is 0.253. The zero-order valence-corrected chi connectivity index (χ0v) is 14.2. The van der Waals surface area contributed by atoms with Gasteiger partial charge in [-0.25, -0.2) is 0 Å². The van der Waals surface area contributed by atoms with E-state index in [1.54, 1.807) is 0 Å². The van der Waals surface area contributed by atoms with E-state index in [9.17, 15) is 0 Å². The van der Waals surface area contributed by atoms with Crippen molar-refractivity contribution in [1.29, 1.82) is 0 Å². The summed E-state index contributed by atoms with van der Waals surface area (Å²) in [5.41, 5.74) is 1.27. The van der Waals surface area contributed by atoms with Gasteiger partial charge in [-0.2, -0.15) is 0 Å². The Balaban J connectivity index is 1.71. The van der Waals surface area contributed by atoms with Gasteiger partial charge >= 0.3 is 0 Å². The number of benzene rings is 1. The summed E-state index contributed by atoms with van der Waals surface area (Å²) >= 11 is 0. The van der Waals surface area contributed by atoms with Gasteiger partial charge in [0.2, 0.25) is 0 Å². The predicted octanol–water partition coefficient (Wildman–Crippen LogP) is 2.64. The standard InChI is InChI=1S/C18H30N4/c1-15-9-12-22(13-10-15)14-11-20-18(19-3)21-16(2)17-7-5-4-6-8-17/h4-8,15-16H,9-14H2,1-3H3,(H2,19,20,21). The number of piperidine rings is 1. The lowest BCUT2D eigenvalue weighted by Crippen LogP contribution is -2.43. The topological polar surface area (TPSA) is 39.7 Å². The fourth-order valence-corrected chi connectivity index (χ4v) is 2.84. The summed E-state index contributed by atoms with van der Waals surface area (Å²) in [6, 6.07) is 10.7. The van der Waals surface area contributed by atoms with Crippen LogP contribution in [0.4, 0.5) is 0 Å². The lowest BCUT2D eigenvalue weighted by Gasteiger charge is -2.30. The van der Waals surface area contributed by atoms with Crippen LogP contribution in [0.15, 0.2) is 35.3 Å². The van der Waals surface area contributed by atoms with Crippen LogP contribution >= 0.6 is 0 Å². The first-order chi connectivity index (χ1) is 10.7. The summed E-state index contributed by atoms with van der Waals surface area (Å²) in [5.74, 6) is 1.77. The number of hydrogen-bond acceptors (Lipinski definition) is 2. The second kappa shape index (κ2) is 8.79. The predicted molar refractivity (Wildman–Crippen MR) is 94.2 cm³/mol. The first kappa shape index (κ1) is 16.8. The van der Waals surface area contributed by atoms with Gasteiger partial charge in [0.15, 0.2) is 5.96 Å². The molecule has 1 saturated heterocycles. The van der Waals surface area contributed by atoms with Gasteiger partial charge in [0, 0.05) is 20.1 Å². The van der Waals surface area contributed by atoms with E-state index in [0.717, 1.165) is 25.0 Å². The molecule has 22 heavy (non-hydrogen) atoms. The molecule has 1 atom stereocenters. The van der Waals surface area contributed by atoms with Gasteiger partial charge in [0.25, 0.3) is 0 Å². The number of rotatable bonds is 5. The summed E-state index contributed by atoms with van der Waals surface area (Å²) in [4.78, 5) is 6.87. The van der Waals surface area contributed by atoms with E-state index in [0.29, 0.717) is 0 Å². The van der Waals surface area contributed by atoms with E-state index in [1.807, 2.05) is 13.1 Å². The third-order valence-corrected chi connectivity index (χ3v) is 4.47. The smallest absolute Gasteiger partial charge is 0.191 e. The maximum absolute atomic E-state index is 4.32. The van der Waals surface area contributed by atoms with Gasteiger partial charge in [-0.3, -0.25) is 4.99 Å². The van der Waals surface area contributed by atoms with E-state index < -0.39 is 0 Å². The van der Waals surface area contributed by atoms with Crippen molar-refractivity contribution < 1.29 is 0 Å². The SMILES string of the molecule is CN=C(NCCN1CCC(C)CC1)NC(C)c1ccccc1. The molecule has 1 fully saturated rings. The Kier molecular flexibility index (Phi) is 6.72. The minimum absolute atomic E-state index is 0.253. The molecule has 2 rings (SSSR count). The molecule has 1 heterocycles. The Morgan fingerprint density at radius 1 is 1.27 bits per heavy atom. The van der Waals surface area contributed by atoms with Crippen LogP contribution in [0.3, 0.4) is 0 Å². The molecule has 2 N–H and O–H groups in total. The Morgan fingerprint density at radius 3 is 2.59 bits per heavy atom. The lowest BCUT2D eigenvalue weighted by atomic mass is 9.99. The molecule has 4 nitrogen and oxygen atoms in total. The molecule has 0 aromatic heterocycles. The van der Waals surface area contributed by atoms with Crippen molar-refractivity contribution in [1.82, 2.24) is 15.5 Å². The Labute approximate surface area is 135 Å². The Hall–Kier alpha value is -1.55. The number of nitrogens with one attached hydrogen (secondary N) is 2. The van der Waals surface area contributed by atoms with Crippen molar-refractivity contribution in [2.24, 2.45) is 10.9 Å². The molecular weight excluding hydrogens is 272 g/mol. The van der Waals surface area contributed by atoms with Gasteiger partial charge in [-0.15, -0.1) is 0 Å². The van der Waals surface area contributed by atoms with Gasteiger partial charge in [-0.05, 0) is 44.3 Å². The molecule has 4 heteroatoms. The third-order valence-electron chi connectivity index (χ3n) is 4.47. The second-order valence-corrected chi connectivity index (χ2v) is 6.30. The number of guanidine groups is 1. The average Bonchev–Trinajstić information content (AvgIpc) is 2.56. The van der Waals surface area contributed by atoms with E-state index in [1.165, 1.54) is 31.5 Å². The fraction of sp³-hybridized carbons (Fsp3) is 0.611. The van der Waals surface area contributed by atoms with Crippen molar-refractivity contribution in [3.05, 3.63) is 35.9 Å². The highest BCUT2D eigenvalue weighted by molar-refractivity contribution is 5.80. The molecule has 0 radical (unpaired) electrons. The first-order valence-electron chi connectivity index (χ1n) is 8.43. The monoisotopic (exact) mass is 302 g/mol. The van der Waals surface area contributed by atoms with Crippen molar-refractivity contribution in [3.63, 3.8) is 0 Å². The molecule has 0 spiro atoms. The second-order valence-electron chi connectivity index (χ2n) is 6.30. The van der Waals surface area contributed by atoms with Gasteiger partial charge in [0.1, 0.15) is 0 Å². The summed E-state index contributed by atoms with van der Waals surface area (Å²) in [7, 11) is 1.83. The highest BCUT2D eigenvalue weighted by atomic mass is 15.2. The average molecular weight is 302 g/mol. The summed E-state index contributed by atoms with van der Waals surface area (Å²) in [6.07, 6.45) is 2.66. The van der Waals surface area contributed by atoms with Crippen LogP contribution < -0.4 is 10.6 Å². The van der Waals surface area contributed by atoms with Crippen LogP contribution in [-0.4, -0.2) is 44.1 Å². The van der Waals surface area contributed by atoms with Crippen LogP contribution in [0.1, 0.15) is 38.3 Å². The highest BCUT2D eigenvalue weighted by Gasteiger charge is 2.15.